The predicted octanol–water partition coefficient (Wildman–Crippen LogP) is 3.31. The van der Waals surface area contributed by atoms with Gasteiger partial charge < -0.3 is 18.9 Å². The van der Waals surface area contributed by atoms with Crippen molar-refractivity contribution < 1.29 is 23.7 Å². The Morgan fingerprint density at radius 2 is 1.59 bits per heavy atom. The number of benzene rings is 2. The molecule has 1 aliphatic rings. The number of nitrogens with one attached hydrogen (secondary N) is 1. The van der Waals surface area contributed by atoms with Crippen molar-refractivity contribution in [3.63, 3.8) is 0 Å². The van der Waals surface area contributed by atoms with E-state index in [9.17, 15) is 4.79 Å². The summed E-state index contributed by atoms with van der Waals surface area (Å²) in [5.74, 6) is 2.86. The van der Waals surface area contributed by atoms with Crippen molar-refractivity contribution in [3.05, 3.63) is 47.5 Å². The monoisotopic (exact) mass is 389 g/mol. The molecule has 3 rings (SSSR count). The first kappa shape index (κ1) is 19.4. The van der Waals surface area contributed by atoms with Gasteiger partial charge in [0.05, 0.1) is 39.9 Å². The maximum atomic E-state index is 13.1. The van der Waals surface area contributed by atoms with E-state index < -0.39 is 0 Å². The number of hydrogen-bond donors (Lipinski definition) is 1. The third kappa shape index (κ3) is 3.84. The quantitative estimate of drug-likeness (QED) is 0.729. The fourth-order valence-corrected chi connectivity index (χ4v) is 4.38. The molecule has 1 aliphatic heterocycles. The first-order valence-corrected chi connectivity index (χ1v) is 9.52. The molecule has 0 spiro atoms. The fraction of sp³-hybridized carbons (Fsp3) is 0.350. The van der Waals surface area contributed by atoms with Crippen molar-refractivity contribution in [3.8, 4) is 23.0 Å². The van der Waals surface area contributed by atoms with Gasteiger partial charge in [-0.2, -0.15) is 0 Å². The summed E-state index contributed by atoms with van der Waals surface area (Å²) in [4.78, 5) is 13.1. The third-order valence-corrected chi connectivity index (χ3v) is 5.72. The second-order valence-corrected chi connectivity index (χ2v) is 7.09. The Kier molecular flexibility index (Phi) is 6.13. The van der Waals surface area contributed by atoms with Gasteiger partial charge >= 0.3 is 0 Å². The zero-order valence-electron chi connectivity index (χ0n) is 15.8. The summed E-state index contributed by atoms with van der Waals surface area (Å²) in [6, 6.07) is 10.9. The summed E-state index contributed by atoms with van der Waals surface area (Å²) in [7, 11) is 6.26. The van der Waals surface area contributed by atoms with Crippen molar-refractivity contribution in [1.82, 2.24) is 5.32 Å². The first-order valence-electron chi connectivity index (χ1n) is 8.47. The van der Waals surface area contributed by atoms with Crippen molar-refractivity contribution in [2.75, 3.05) is 34.2 Å². The van der Waals surface area contributed by atoms with E-state index in [-0.39, 0.29) is 17.2 Å². The van der Waals surface area contributed by atoms with Crippen LogP contribution in [-0.4, -0.2) is 46.0 Å². The molecule has 1 N–H and O–H groups in total. The van der Waals surface area contributed by atoms with Crippen LogP contribution < -0.4 is 24.3 Å². The second kappa shape index (κ2) is 8.54. The summed E-state index contributed by atoms with van der Waals surface area (Å²) in [6.45, 7) is 0. The highest BCUT2D eigenvalue weighted by atomic mass is 32.2. The molecule has 0 aliphatic carbocycles. The van der Waals surface area contributed by atoms with Gasteiger partial charge in [-0.3, -0.25) is 10.1 Å². The number of carbonyl (C=O) groups is 1. The minimum absolute atomic E-state index is 0.00265. The predicted molar refractivity (Wildman–Crippen MR) is 106 cm³/mol. The molecule has 2 unspecified atom stereocenters. The lowest BCUT2D eigenvalue weighted by molar-refractivity contribution is 0.0954. The Bertz CT molecular complexity index is 801. The largest absolute Gasteiger partial charge is 0.496 e. The average Bonchev–Trinajstić information content (AvgIpc) is 3.21. The standard InChI is InChI=1S/C20H23NO5S/c1-23-15-8-6-5-7-13(15)20-21-14(11-27-20)18(22)12-9-16(24-2)19(26-4)17(10-12)25-3/h5-10,14,20-21H,11H2,1-4H3. The Morgan fingerprint density at radius 1 is 0.963 bits per heavy atom. The molecule has 0 bridgehead atoms. The molecule has 7 heteroatoms. The average molecular weight is 389 g/mol. The highest BCUT2D eigenvalue weighted by Gasteiger charge is 2.33. The number of methoxy groups -OCH3 is 4. The van der Waals surface area contributed by atoms with Crippen LogP contribution in [0, 0.1) is 0 Å². The van der Waals surface area contributed by atoms with Crippen molar-refractivity contribution in [1.29, 1.82) is 0 Å². The van der Waals surface area contributed by atoms with Crippen LogP contribution in [0.5, 0.6) is 23.0 Å². The number of carbonyl (C=O) groups excluding carboxylic acids is 1. The topological polar surface area (TPSA) is 66.0 Å². The molecule has 0 radical (unpaired) electrons. The van der Waals surface area contributed by atoms with Crippen LogP contribution in [0.2, 0.25) is 0 Å². The summed E-state index contributed by atoms with van der Waals surface area (Å²) in [5, 5.41) is 3.40. The minimum atomic E-state index is -0.312. The van der Waals surface area contributed by atoms with E-state index in [4.69, 9.17) is 18.9 Å². The van der Waals surface area contributed by atoms with Gasteiger partial charge in [0.15, 0.2) is 17.3 Å². The van der Waals surface area contributed by atoms with E-state index in [1.54, 1.807) is 31.0 Å². The molecule has 2 atom stereocenters. The van der Waals surface area contributed by atoms with E-state index in [0.29, 0.717) is 28.6 Å². The molecule has 0 aromatic heterocycles. The molecule has 2 aromatic rings. The molecule has 2 aromatic carbocycles. The van der Waals surface area contributed by atoms with Gasteiger partial charge in [-0.05, 0) is 18.2 Å². The van der Waals surface area contributed by atoms with E-state index in [0.717, 1.165) is 11.3 Å². The lowest BCUT2D eigenvalue weighted by atomic mass is 10.0. The Balaban J connectivity index is 1.83. The number of ether oxygens (including phenoxy) is 4. The fourth-order valence-electron chi connectivity index (χ4n) is 3.11. The van der Waals surface area contributed by atoms with Crippen LogP contribution in [0.4, 0.5) is 0 Å². The van der Waals surface area contributed by atoms with Crippen molar-refractivity contribution >= 4 is 17.5 Å². The summed E-state index contributed by atoms with van der Waals surface area (Å²) < 4.78 is 21.5. The summed E-state index contributed by atoms with van der Waals surface area (Å²) in [5.41, 5.74) is 1.55. The first-order chi connectivity index (χ1) is 13.1. The van der Waals surface area contributed by atoms with Crippen molar-refractivity contribution in [2.45, 2.75) is 11.4 Å². The van der Waals surface area contributed by atoms with E-state index in [2.05, 4.69) is 5.32 Å². The minimum Gasteiger partial charge on any atom is -0.496 e. The number of thioether (sulfide) groups is 1. The maximum Gasteiger partial charge on any atom is 0.203 e. The van der Waals surface area contributed by atoms with Gasteiger partial charge in [0.2, 0.25) is 5.75 Å². The Hall–Kier alpha value is -2.38. The van der Waals surface area contributed by atoms with Gasteiger partial charge in [-0.15, -0.1) is 11.8 Å². The zero-order chi connectivity index (χ0) is 19.4. The molecule has 27 heavy (non-hydrogen) atoms. The second-order valence-electron chi connectivity index (χ2n) is 5.95. The number of Topliss-reactive ketones (excluding diaryl/α,β-unsaturated/α-hetero) is 1. The van der Waals surface area contributed by atoms with Crippen LogP contribution in [0.15, 0.2) is 36.4 Å². The summed E-state index contributed by atoms with van der Waals surface area (Å²) in [6.07, 6.45) is 0. The number of rotatable bonds is 7. The highest BCUT2D eigenvalue weighted by molar-refractivity contribution is 7.99. The van der Waals surface area contributed by atoms with E-state index in [1.807, 2.05) is 24.3 Å². The summed E-state index contributed by atoms with van der Waals surface area (Å²) >= 11 is 1.68. The van der Waals surface area contributed by atoms with Crippen LogP contribution >= 0.6 is 11.8 Å². The van der Waals surface area contributed by atoms with Gasteiger partial charge in [0.1, 0.15) is 5.75 Å². The molecule has 144 valence electrons. The van der Waals surface area contributed by atoms with Crippen molar-refractivity contribution in [2.24, 2.45) is 0 Å². The van der Waals surface area contributed by atoms with Gasteiger partial charge in [0, 0.05) is 16.9 Å². The maximum absolute atomic E-state index is 13.1. The van der Waals surface area contributed by atoms with Gasteiger partial charge in [-0.25, -0.2) is 0 Å². The van der Waals surface area contributed by atoms with Crippen LogP contribution in [0.25, 0.3) is 0 Å². The number of ketones is 1. The zero-order valence-corrected chi connectivity index (χ0v) is 16.6. The lowest BCUT2D eigenvalue weighted by Gasteiger charge is -2.17. The van der Waals surface area contributed by atoms with E-state index >= 15 is 0 Å². The molecule has 0 saturated carbocycles. The van der Waals surface area contributed by atoms with E-state index in [1.165, 1.54) is 21.3 Å². The lowest BCUT2D eigenvalue weighted by Crippen LogP contribution is -2.34. The normalized spacial score (nSPS) is 18.8. The smallest absolute Gasteiger partial charge is 0.203 e. The van der Waals surface area contributed by atoms with Crippen LogP contribution in [0.3, 0.4) is 0 Å². The molecular weight excluding hydrogens is 366 g/mol. The molecule has 6 nitrogen and oxygen atoms in total. The molecule has 1 heterocycles. The molecule has 1 saturated heterocycles. The number of para-hydroxylation sites is 1. The van der Waals surface area contributed by atoms with Crippen LogP contribution in [-0.2, 0) is 0 Å². The molecular formula is C20H23NO5S. The SMILES string of the molecule is COc1ccccc1C1NC(C(=O)c2cc(OC)c(OC)c(OC)c2)CS1. The Labute approximate surface area is 163 Å². The number of hydrogen-bond acceptors (Lipinski definition) is 7. The highest BCUT2D eigenvalue weighted by Crippen LogP contribution is 2.41. The van der Waals surface area contributed by atoms with Gasteiger partial charge in [0.25, 0.3) is 0 Å². The van der Waals surface area contributed by atoms with Crippen LogP contribution in [0.1, 0.15) is 21.3 Å². The Morgan fingerprint density at radius 3 is 2.19 bits per heavy atom. The molecule has 1 fully saturated rings. The van der Waals surface area contributed by atoms with Gasteiger partial charge in [-0.1, -0.05) is 18.2 Å². The molecule has 0 amide bonds. The third-order valence-electron chi connectivity index (χ3n) is 4.47.